The lowest BCUT2D eigenvalue weighted by Gasteiger charge is -2.21. The molecule has 0 aliphatic heterocycles. The van der Waals surface area contributed by atoms with Gasteiger partial charge >= 0.3 is 5.97 Å². The highest BCUT2D eigenvalue weighted by atomic mass is 19.1. The highest BCUT2D eigenvalue weighted by Gasteiger charge is 2.23. The quantitative estimate of drug-likeness (QED) is 0.811. The first kappa shape index (κ1) is 17.9. The van der Waals surface area contributed by atoms with Crippen LogP contribution in [-0.4, -0.2) is 29.6 Å². The minimum Gasteiger partial charge on any atom is -0.481 e. The molecule has 0 saturated heterocycles. The number of carbonyl (C=O) groups is 2. The molecule has 122 valence electrons. The van der Waals surface area contributed by atoms with Gasteiger partial charge < -0.3 is 15.2 Å². The van der Waals surface area contributed by atoms with Crippen LogP contribution in [0, 0.1) is 11.2 Å². The van der Waals surface area contributed by atoms with Crippen LogP contribution in [0.3, 0.4) is 0 Å². The number of hydrogen-bond donors (Lipinski definition) is 2. The molecular weight excluding hydrogens is 289 g/mol. The fourth-order valence-corrected chi connectivity index (χ4v) is 1.78. The molecule has 0 radical (unpaired) electrons. The number of para-hydroxylation sites is 1. The van der Waals surface area contributed by atoms with E-state index < -0.39 is 30.3 Å². The maximum atomic E-state index is 13.3. The zero-order valence-electron chi connectivity index (χ0n) is 13.1. The van der Waals surface area contributed by atoms with Gasteiger partial charge in [0.15, 0.2) is 18.2 Å². The molecule has 0 fully saturated rings. The number of halogens is 1. The molecule has 0 aromatic heterocycles. The zero-order chi connectivity index (χ0) is 16.8. The lowest BCUT2D eigenvalue weighted by molar-refractivity contribution is -0.142. The smallest absolute Gasteiger partial charge is 0.326 e. The van der Waals surface area contributed by atoms with Crippen LogP contribution >= 0.6 is 0 Å². The van der Waals surface area contributed by atoms with Gasteiger partial charge in [-0.1, -0.05) is 32.9 Å². The van der Waals surface area contributed by atoms with E-state index in [0.29, 0.717) is 12.8 Å². The van der Waals surface area contributed by atoms with E-state index in [2.05, 4.69) is 5.32 Å². The third-order valence-electron chi connectivity index (χ3n) is 3.01. The maximum Gasteiger partial charge on any atom is 0.326 e. The lowest BCUT2D eigenvalue weighted by atomic mass is 9.88. The second-order valence-corrected chi connectivity index (χ2v) is 6.28. The summed E-state index contributed by atoms with van der Waals surface area (Å²) in [7, 11) is 0. The van der Waals surface area contributed by atoms with E-state index in [0.717, 1.165) is 0 Å². The van der Waals surface area contributed by atoms with Crippen LogP contribution in [0.5, 0.6) is 5.75 Å². The Labute approximate surface area is 129 Å². The van der Waals surface area contributed by atoms with E-state index in [1.807, 2.05) is 20.8 Å². The van der Waals surface area contributed by atoms with E-state index in [1.165, 1.54) is 18.2 Å². The predicted octanol–water partition coefficient (Wildman–Crippen LogP) is 2.60. The van der Waals surface area contributed by atoms with Crippen LogP contribution in [0.25, 0.3) is 0 Å². The molecule has 1 rings (SSSR count). The Kier molecular flexibility index (Phi) is 6.34. The number of hydrogen-bond acceptors (Lipinski definition) is 3. The number of aliphatic carboxylic acids is 1. The van der Waals surface area contributed by atoms with Crippen LogP contribution in [0.1, 0.15) is 33.6 Å². The molecule has 6 heteroatoms. The van der Waals surface area contributed by atoms with Gasteiger partial charge in [0.1, 0.15) is 6.04 Å². The summed E-state index contributed by atoms with van der Waals surface area (Å²) in [5.74, 6) is -2.30. The van der Waals surface area contributed by atoms with Crippen LogP contribution in [0.4, 0.5) is 4.39 Å². The largest absolute Gasteiger partial charge is 0.481 e. The molecule has 0 bridgehead atoms. The molecule has 0 aliphatic carbocycles. The summed E-state index contributed by atoms with van der Waals surface area (Å²) >= 11 is 0. The molecule has 1 aromatic carbocycles. The number of amides is 1. The fourth-order valence-electron chi connectivity index (χ4n) is 1.78. The number of rotatable bonds is 7. The fraction of sp³-hybridized carbons (Fsp3) is 0.500. The molecule has 1 amide bonds. The molecule has 0 heterocycles. The summed E-state index contributed by atoms with van der Waals surface area (Å²) in [6.07, 6.45) is 0.975. The first-order chi connectivity index (χ1) is 10.2. The average molecular weight is 311 g/mol. The van der Waals surface area contributed by atoms with Crippen LogP contribution in [0.2, 0.25) is 0 Å². The maximum absolute atomic E-state index is 13.3. The summed E-state index contributed by atoms with van der Waals surface area (Å²) in [5.41, 5.74) is -0.0257. The number of ether oxygens (including phenoxy) is 1. The van der Waals surface area contributed by atoms with E-state index in [1.54, 1.807) is 6.07 Å². The average Bonchev–Trinajstić information content (AvgIpc) is 2.41. The van der Waals surface area contributed by atoms with Gasteiger partial charge in [-0.3, -0.25) is 4.79 Å². The first-order valence-electron chi connectivity index (χ1n) is 7.08. The van der Waals surface area contributed by atoms with Crippen molar-refractivity contribution in [2.24, 2.45) is 5.41 Å². The minimum absolute atomic E-state index is 0.0257. The molecule has 1 aromatic rings. The Morgan fingerprint density at radius 3 is 2.50 bits per heavy atom. The SMILES string of the molecule is CC(C)(C)CCC(NC(=O)COc1ccccc1F)C(=O)O. The van der Waals surface area contributed by atoms with Gasteiger partial charge in [0, 0.05) is 0 Å². The standard InChI is InChI=1S/C16H22FNO4/c1-16(2,3)9-8-12(15(20)21)18-14(19)10-22-13-7-5-4-6-11(13)17/h4-7,12H,8-10H2,1-3H3,(H,18,19)(H,20,21). The van der Waals surface area contributed by atoms with Crippen molar-refractivity contribution in [2.75, 3.05) is 6.61 Å². The summed E-state index contributed by atoms with van der Waals surface area (Å²) < 4.78 is 18.4. The van der Waals surface area contributed by atoms with Gasteiger partial charge in [0.2, 0.25) is 0 Å². The third-order valence-corrected chi connectivity index (χ3v) is 3.01. The van der Waals surface area contributed by atoms with E-state index in [9.17, 15) is 14.0 Å². The van der Waals surface area contributed by atoms with Crippen molar-refractivity contribution in [3.8, 4) is 5.75 Å². The number of carboxylic acids is 1. The van der Waals surface area contributed by atoms with Gasteiger partial charge in [-0.2, -0.15) is 0 Å². The van der Waals surface area contributed by atoms with Crippen molar-refractivity contribution in [2.45, 2.75) is 39.7 Å². The third kappa shape index (κ3) is 6.56. The van der Waals surface area contributed by atoms with Crippen molar-refractivity contribution >= 4 is 11.9 Å². The highest BCUT2D eigenvalue weighted by Crippen LogP contribution is 2.21. The molecule has 0 spiro atoms. The summed E-state index contributed by atoms with van der Waals surface area (Å²) in [6, 6.07) is 4.73. The Morgan fingerprint density at radius 2 is 1.95 bits per heavy atom. The normalized spacial score (nSPS) is 12.5. The van der Waals surface area contributed by atoms with Crippen LogP contribution in [-0.2, 0) is 9.59 Å². The van der Waals surface area contributed by atoms with Gasteiger partial charge in [0.05, 0.1) is 0 Å². The highest BCUT2D eigenvalue weighted by molar-refractivity contribution is 5.84. The van der Waals surface area contributed by atoms with Gasteiger partial charge in [-0.15, -0.1) is 0 Å². The summed E-state index contributed by atoms with van der Waals surface area (Å²) in [5, 5.41) is 11.5. The Morgan fingerprint density at radius 1 is 1.32 bits per heavy atom. The first-order valence-corrected chi connectivity index (χ1v) is 7.08. The Hall–Kier alpha value is -2.11. The summed E-state index contributed by atoms with van der Waals surface area (Å²) in [6.45, 7) is 5.55. The number of benzene rings is 1. The lowest BCUT2D eigenvalue weighted by Crippen LogP contribution is -2.43. The molecular formula is C16H22FNO4. The van der Waals surface area contributed by atoms with Crippen molar-refractivity contribution in [3.63, 3.8) is 0 Å². The van der Waals surface area contributed by atoms with Crippen molar-refractivity contribution in [1.82, 2.24) is 5.32 Å². The van der Waals surface area contributed by atoms with E-state index in [4.69, 9.17) is 9.84 Å². The van der Waals surface area contributed by atoms with Crippen molar-refractivity contribution < 1.29 is 23.8 Å². The molecule has 0 aliphatic rings. The molecule has 1 atom stereocenters. The van der Waals surface area contributed by atoms with E-state index in [-0.39, 0.29) is 11.2 Å². The molecule has 1 unspecified atom stereocenters. The summed E-state index contributed by atoms with van der Waals surface area (Å²) in [4.78, 5) is 22.9. The predicted molar refractivity (Wildman–Crippen MR) is 80.2 cm³/mol. The second-order valence-electron chi connectivity index (χ2n) is 6.28. The zero-order valence-corrected chi connectivity index (χ0v) is 13.1. The number of nitrogens with one attached hydrogen (secondary N) is 1. The Balaban J connectivity index is 2.50. The molecule has 0 saturated carbocycles. The number of carbonyl (C=O) groups excluding carboxylic acids is 1. The Bertz CT molecular complexity index is 525. The van der Waals surface area contributed by atoms with Gasteiger partial charge in [0.25, 0.3) is 5.91 Å². The van der Waals surface area contributed by atoms with Crippen LogP contribution in [0.15, 0.2) is 24.3 Å². The molecule has 5 nitrogen and oxygen atoms in total. The van der Waals surface area contributed by atoms with Gasteiger partial charge in [-0.05, 0) is 30.4 Å². The number of carboxylic acid groups (broad SMARTS) is 1. The topological polar surface area (TPSA) is 75.6 Å². The van der Waals surface area contributed by atoms with Gasteiger partial charge in [-0.25, -0.2) is 9.18 Å². The van der Waals surface area contributed by atoms with Crippen molar-refractivity contribution in [1.29, 1.82) is 0 Å². The van der Waals surface area contributed by atoms with Crippen molar-refractivity contribution in [3.05, 3.63) is 30.1 Å². The molecule has 2 N–H and O–H groups in total. The molecule has 22 heavy (non-hydrogen) atoms. The van der Waals surface area contributed by atoms with E-state index >= 15 is 0 Å². The monoisotopic (exact) mass is 311 g/mol. The minimum atomic E-state index is -1.09. The van der Waals surface area contributed by atoms with Crippen LogP contribution < -0.4 is 10.1 Å². The second kappa shape index (κ2) is 7.77.